The fourth-order valence-electron chi connectivity index (χ4n) is 2.02. The molecule has 3 rings (SSSR count). The highest BCUT2D eigenvalue weighted by molar-refractivity contribution is 7.98. The first-order chi connectivity index (χ1) is 10.5. The Morgan fingerprint density at radius 1 is 1.05 bits per heavy atom. The van der Waals surface area contributed by atoms with Gasteiger partial charge in [-0.15, -0.1) is 11.8 Å². The molecule has 7 heteroatoms. The minimum atomic E-state index is -3.50. The number of para-hydroxylation sites is 1. The van der Waals surface area contributed by atoms with Gasteiger partial charge >= 0.3 is 5.92 Å². The van der Waals surface area contributed by atoms with E-state index in [2.05, 4.69) is 15.0 Å². The molecule has 0 aliphatic rings. The lowest BCUT2D eigenvalue weighted by Crippen LogP contribution is -2.21. The minimum absolute atomic E-state index is 0.429. The molecule has 0 aliphatic heterocycles. The highest BCUT2D eigenvalue weighted by Gasteiger charge is 2.39. The van der Waals surface area contributed by atoms with Gasteiger partial charge in [0.1, 0.15) is 16.5 Å². The van der Waals surface area contributed by atoms with Crippen molar-refractivity contribution < 1.29 is 13.2 Å². The Morgan fingerprint density at radius 2 is 1.82 bits per heavy atom. The Hall–Kier alpha value is -2.15. The van der Waals surface area contributed by atoms with Crippen molar-refractivity contribution in [1.29, 1.82) is 0 Å². The van der Waals surface area contributed by atoms with E-state index < -0.39 is 23.3 Å². The van der Waals surface area contributed by atoms with Crippen molar-refractivity contribution in [2.45, 2.75) is 10.9 Å². The molecule has 0 aliphatic carbocycles. The van der Waals surface area contributed by atoms with Gasteiger partial charge in [0, 0.05) is 5.39 Å². The average molecular weight is 321 g/mol. The summed E-state index contributed by atoms with van der Waals surface area (Å²) < 4.78 is 42.0. The molecule has 0 spiro atoms. The molecular formula is C15H10F3N3S. The number of hydrogen-bond donors (Lipinski definition) is 0. The van der Waals surface area contributed by atoms with Crippen LogP contribution in [0.1, 0.15) is 11.5 Å². The molecule has 0 saturated carbocycles. The van der Waals surface area contributed by atoms with E-state index >= 15 is 0 Å². The topological polar surface area (TPSA) is 38.7 Å². The van der Waals surface area contributed by atoms with E-state index in [4.69, 9.17) is 0 Å². The van der Waals surface area contributed by atoms with E-state index in [0.717, 1.165) is 18.3 Å². The summed E-state index contributed by atoms with van der Waals surface area (Å²) >= 11 is 1.26. The summed E-state index contributed by atoms with van der Waals surface area (Å²) in [5, 5.41) is 1.17. The number of thioether (sulfide) groups is 1. The first-order valence-electron chi connectivity index (χ1n) is 6.33. The van der Waals surface area contributed by atoms with E-state index in [0.29, 0.717) is 15.9 Å². The van der Waals surface area contributed by atoms with Crippen molar-refractivity contribution in [2.75, 3.05) is 6.26 Å². The molecule has 0 N–H and O–H groups in total. The van der Waals surface area contributed by atoms with Gasteiger partial charge in [0.2, 0.25) is 5.82 Å². The summed E-state index contributed by atoms with van der Waals surface area (Å²) in [5.41, 5.74) is -0.158. The Labute approximate surface area is 128 Å². The van der Waals surface area contributed by atoms with E-state index in [9.17, 15) is 13.2 Å². The fourth-order valence-corrected chi connectivity index (χ4v) is 2.59. The van der Waals surface area contributed by atoms with Gasteiger partial charge in [-0.05, 0) is 24.5 Å². The zero-order chi connectivity index (χ0) is 15.7. The predicted octanol–water partition coefficient (Wildman–Crippen LogP) is 4.03. The molecule has 2 aromatic heterocycles. The van der Waals surface area contributed by atoms with Crippen LogP contribution in [-0.2, 0) is 5.92 Å². The van der Waals surface area contributed by atoms with Crippen molar-refractivity contribution in [2.24, 2.45) is 0 Å². The van der Waals surface area contributed by atoms with Crippen LogP contribution in [0.25, 0.3) is 10.9 Å². The molecule has 1 aromatic carbocycles. The third-order valence-corrected chi connectivity index (χ3v) is 3.79. The standard InChI is InChI=1S/C15H10F3N3S/c1-22-13-10-4-2-3-5-11(10)20-14(21-13)15(17,18)12-7-6-9(16)8-19-12/h2-8H,1H3. The number of pyridine rings is 1. The normalized spacial score (nSPS) is 11.8. The second kappa shape index (κ2) is 5.57. The lowest BCUT2D eigenvalue weighted by atomic mass is 10.2. The van der Waals surface area contributed by atoms with Crippen LogP contribution in [0.4, 0.5) is 13.2 Å². The zero-order valence-corrected chi connectivity index (χ0v) is 12.2. The number of fused-ring (bicyclic) bond motifs is 1. The van der Waals surface area contributed by atoms with Crippen LogP contribution in [0.5, 0.6) is 0 Å². The quantitative estimate of drug-likeness (QED) is 0.539. The van der Waals surface area contributed by atoms with Crippen LogP contribution < -0.4 is 0 Å². The van der Waals surface area contributed by atoms with Crippen molar-refractivity contribution in [3.05, 3.63) is 59.9 Å². The summed E-state index contributed by atoms with van der Waals surface area (Å²) in [7, 11) is 0. The number of nitrogens with zero attached hydrogens (tertiary/aromatic N) is 3. The SMILES string of the molecule is CSc1nc(C(F)(F)c2ccc(F)cn2)nc2ccccc12. The average Bonchev–Trinajstić information content (AvgIpc) is 2.54. The van der Waals surface area contributed by atoms with Crippen LogP contribution in [0.15, 0.2) is 47.6 Å². The molecule has 0 unspecified atom stereocenters. The highest BCUT2D eigenvalue weighted by atomic mass is 32.2. The number of rotatable bonds is 3. The molecular weight excluding hydrogens is 311 g/mol. The largest absolute Gasteiger partial charge is 0.348 e. The predicted molar refractivity (Wildman–Crippen MR) is 78.5 cm³/mol. The van der Waals surface area contributed by atoms with E-state index in [1.54, 1.807) is 30.5 Å². The molecule has 0 fully saturated rings. The second-order valence-corrected chi connectivity index (χ2v) is 5.30. The summed E-state index contributed by atoms with van der Waals surface area (Å²) in [6.07, 6.45) is 2.51. The van der Waals surface area contributed by atoms with Gasteiger partial charge in [0.15, 0.2) is 0 Å². The molecule has 3 aromatic rings. The van der Waals surface area contributed by atoms with Gasteiger partial charge < -0.3 is 0 Å². The van der Waals surface area contributed by atoms with E-state index in [1.807, 2.05) is 0 Å². The number of hydrogen-bond acceptors (Lipinski definition) is 4. The molecule has 112 valence electrons. The Bertz CT molecular complexity index is 822. The van der Waals surface area contributed by atoms with Gasteiger partial charge in [-0.2, -0.15) is 8.78 Å². The molecule has 0 amide bonds. The number of alkyl halides is 2. The van der Waals surface area contributed by atoms with Crippen molar-refractivity contribution in [1.82, 2.24) is 15.0 Å². The maximum absolute atomic E-state index is 14.5. The maximum atomic E-state index is 14.5. The van der Waals surface area contributed by atoms with E-state index in [1.165, 1.54) is 11.8 Å². The monoisotopic (exact) mass is 321 g/mol. The minimum Gasteiger partial charge on any atom is -0.251 e. The van der Waals surface area contributed by atoms with Crippen LogP contribution in [-0.4, -0.2) is 21.2 Å². The highest BCUT2D eigenvalue weighted by Crippen LogP contribution is 2.34. The van der Waals surface area contributed by atoms with Crippen LogP contribution in [0.3, 0.4) is 0 Å². The molecule has 3 nitrogen and oxygen atoms in total. The zero-order valence-electron chi connectivity index (χ0n) is 11.4. The van der Waals surface area contributed by atoms with Crippen LogP contribution in [0, 0.1) is 5.82 Å². The molecule has 0 bridgehead atoms. The maximum Gasteiger partial charge on any atom is 0.348 e. The number of halogens is 3. The molecule has 22 heavy (non-hydrogen) atoms. The lowest BCUT2D eigenvalue weighted by Gasteiger charge is -2.15. The summed E-state index contributed by atoms with van der Waals surface area (Å²) in [5.74, 6) is -4.82. The van der Waals surface area contributed by atoms with E-state index in [-0.39, 0.29) is 0 Å². The Kier molecular flexibility index (Phi) is 3.74. The van der Waals surface area contributed by atoms with Crippen molar-refractivity contribution in [3.63, 3.8) is 0 Å². The molecule has 0 radical (unpaired) electrons. The lowest BCUT2D eigenvalue weighted by molar-refractivity contribution is 0.0277. The Balaban J connectivity index is 2.18. The summed E-state index contributed by atoms with van der Waals surface area (Å²) in [4.78, 5) is 11.4. The third-order valence-electron chi connectivity index (χ3n) is 3.09. The van der Waals surface area contributed by atoms with Gasteiger partial charge in [-0.1, -0.05) is 18.2 Å². The smallest absolute Gasteiger partial charge is 0.251 e. The van der Waals surface area contributed by atoms with Gasteiger partial charge in [-0.3, -0.25) is 4.98 Å². The first-order valence-corrected chi connectivity index (χ1v) is 7.56. The summed E-state index contributed by atoms with van der Waals surface area (Å²) in [6.45, 7) is 0. The van der Waals surface area contributed by atoms with Crippen molar-refractivity contribution in [3.8, 4) is 0 Å². The van der Waals surface area contributed by atoms with Crippen LogP contribution in [0.2, 0.25) is 0 Å². The van der Waals surface area contributed by atoms with Gasteiger partial charge in [-0.25, -0.2) is 14.4 Å². The van der Waals surface area contributed by atoms with Gasteiger partial charge in [0.05, 0.1) is 11.7 Å². The summed E-state index contributed by atoms with van der Waals surface area (Å²) in [6, 6.07) is 8.81. The Morgan fingerprint density at radius 3 is 2.50 bits per heavy atom. The fraction of sp³-hybridized carbons (Fsp3) is 0.133. The number of aromatic nitrogens is 3. The molecule has 0 atom stereocenters. The third kappa shape index (κ3) is 2.52. The second-order valence-electron chi connectivity index (χ2n) is 4.51. The number of benzene rings is 1. The van der Waals surface area contributed by atoms with Crippen LogP contribution >= 0.6 is 11.8 Å². The first kappa shape index (κ1) is 14.8. The molecule has 2 heterocycles. The van der Waals surface area contributed by atoms with Gasteiger partial charge in [0.25, 0.3) is 0 Å². The molecule has 0 saturated heterocycles. The van der Waals surface area contributed by atoms with Crippen molar-refractivity contribution >= 4 is 22.7 Å².